The van der Waals surface area contributed by atoms with Crippen molar-refractivity contribution in [3.05, 3.63) is 54.6 Å². The number of hydrogen-bond donors (Lipinski definition) is 1. The SMILES string of the molecule is CN(CC(=O)Nc1ccc(OC(F)(F)F)cc1)CC(=O)N1CCN(c2ccccc2)CC1. The maximum atomic E-state index is 12.6. The summed E-state index contributed by atoms with van der Waals surface area (Å²) in [7, 11) is 1.66. The van der Waals surface area contributed by atoms with E-state index in [0.717, 1.165) is 30.9 Å². The average molecular weight is 450 g/mol. The van der Waals surface area contributed by atoms with E-state index in [0.29, 0.717) is 18.8 Å². The molecule has 3 rings (SSSR count). The van der Waals surface area contributed by atoms with Crippen molar-refractivity contribution in [2.75, 3.05) is 56.5 Å². The van der Waals surface area contributed by atoms with Crippen LogP contribution in [0, 0.1) is 0 Å². The van der Waals surface area contributed by atoms with E-state index < -0.39 is 6.36 Å². The van der Waals surface area contributed by atoms with Crippen LogP contribution in [-0.2, 0) is 9.59 Å². The lowest BCUT2D eigenvalue weighted by Gasteiger charge is -2.36. The molecule has 2 amide bonds. The normalized spacial score (nSPS) is 14.4. The Balaban J connectivity index is 1.40. The zero-order chi connectivity index (χ0) is 23.1. The van der Waals surface area contributed by atoms with Crippen molar-refractivity contribution in [3.8, 4) is 5.75 Å². The highest BCUT2D eigenvalue weighted by Gasteiger charge is 2.31. The second-order valence-electron chi connectivity index (χ2n) is 7.50. The summed E-state index contributed by atoms with van der Waals surface area (Å²) in [6, 6.07) is 14.9. The minimum absolute atomic E-state index is 0.0312. The molecule has 7 nitrogen and oxygen atoms in total. The molecule has 0 unspecified atom stereocenters. The molecule has 2 aromatic carbocycles. The summed E-state index contributed by atoms with van der Waals surface area (Å²) in [6.45, 7) is 2.77. The molecule has 1 saturated heterocycles. The molecule has 0 bridgehead atoms. The smallest absolute Gasteiger partial charge is 0.406 e. The van der Waals surface area contributed by atoms with Gasteiger partial charge in [-0.1, -0.05) is 18.2 Å². The number of amides is 2. The highest BCUT2D eigenvalue weighted by Crippen LogP contribution is 2.24. The lowest BCUT2D eigenvalue weighted by atomic mass is 10.2. The molecule has 1 fully saturated rings. The van der Waals surface area contributed by atoms with Crippen molar-refractivity contribution in [3.63, 3.8) is 0 Å². The van der Waals surface area contributed by atoms with Gasteiger partial charge in [0.1, 0.15) is 5.75 Å². The van der Waals surface area contributed by atoms with Crippen molar-refractivity contribution in [2.24, 2.45) is 0 Å². The Labute approximate surface area is 184 Å². The first-order valence-electron chi connectivity index (χ1n) is 10.1. The molecular formula is C22H25F3N4O3. The topological polar surface area (TPSA) is 65.1 Å². The lowest BCUT2D eigenvalue weighted by Crippen LogP contribution is -2.51. The Hall–Kier alpha value is -3.27. The maximum Gasteiger partial charge on any atom is 0.573 e. The van der Waals surface area contributed by atoms with Gasteiger partial charge in [-0.25, -0.2) is 0 Å². The van der Waals surface area contributed by atoms with Gasteiger partial charge >= 0.3 is 6.36 Å². The van der Waals surface area contributed by atoms with Crippen LogP contribution in [0.3, 0.4) is 0 Å². The lowest BCUT2D eigenvalue weighted by molar-refractivity contribution is -0.274. The number of halogens is 3. The number of likely N-dealkylation sites (N-methyl/N-ethyl adjacent to an activating group) is 1. The highest BCUT2D eigenvalue weighted by molar-refractivity contribution is 5.92. The van der Waals surface area contributed by atoms with E-state index in [1.54, 1.807) is 16.8 Å². The molecule has 1 aliphatic heterocycles. The maximum absolute atomic E-state index is 12.6. The summed E-state index contributed by atoms with van der Waals surface area (Å²) < 4.78 is 40.4. The third-order valence-electron chi connectivity index (χ3n) is 4.94. The molecule has 0 aromatic heterocycles. The fourth-order valence-corrected chi connectivity index (χ4v) is 3.43. The van der Waals surface area contributed by atoms with Crippen molar-refractivity contribution in [2.45, 2.75) is 6.36 Å². The van der Waals surface area contributed by atoms with Crippen LogP contribution in [0.5, 0.6) is 5.75 Å². The number of carbonyl (C=O) groups excluding carboxylic acids is 2. The molecule has 2 aromatic rings. The Kier molecular flexibility index (Phi) is 7.57. The largest absolute Gasteiger partial charge is 0.573 e. The zero-order valence-corrected chi connectivity index (χ0v) is 17.6. The number of hydrogen-bond acceptors (Lipinski definition) is 5. The van der Waals surface area contributed by atoms with Gasteiger partial charge in [-0.15, -0.1) is 13.2 Å². The first-order chi connectivity index (χ1) is 15.2. The van der Waals surface area contributed by atoms with Gasteiger partial charge < -0.3 is 19.9 Å². The first kappa shape index (κ1) is 23.4. The molecule has 0 saturated carbocycles. The van der Waals surface area contributed by atoms with Crippen LogP contribution >= 0.6 is 0 Å². The number of rotatable bonds is 7. The number of alkyl halides is 3. The predicted octanol–water partition coefficient (Wildman–Crippen LogP) is 2.80. The number of nitrogens with one attached hydrogen (secondary N) is 1. The van der Waals surface area contributed by atoms with Gasteiger partial charge in [-0.2, -0.15) is 0 Å². The van der Waals surface area contributed by atoms with E-state index in [9.17, 15) is 22.8 Å². The van der Waals surface area contributed by atoms with E-state index in [1.165, 1.54) is 12.1 Å². The van der Waals surface area contributed by atoms with Gasteiger partial charge in [0.15, 0.2) is 0 Å². The number of nitrogens with zero attached hydrogens (tertiary/aromatic N) is 3. The van der Waals surface area contributed by atoms with E-state index >= 15 is 0 Å². The molecule has 10 heteroatoms. The fraction of sp³-hybridized carbons (Fsp3) is 0.364. The highest BCUT2D eigenvalue weighted by atomic mass is 19.4. The summed E-state index contributed by atoms with van der Waals surface area (Å²) in [5.41, 5.74) is 1.47. The zero-order valence-electron chi connectivity index (χ0n) is 17.6. The first-order valence-corrected chi connectivity index (χ1v) is 10.1. The molecule has 0 atom stereocenters. The van der Waals surface area contributed by atoms with Gasteiger partial charge in [0, 0.05) is 37.6 Å². The monoisotopic (exact) mass is 450 g/mol. The quantitative estimate of drug-likeness (QED) is 0.703. The molecule has 32 heavy (non-hydrogen) atoms. The average Bonchev–Trinajstić information content (AvgIpc) is 2.74. The Morgan fingerprint density at radius 3 is 2.19 bits per heavy atom. The number of benzene rings is 2. The van der Waals surface area contributed by atoms with Crippen molar-refractivity contribution < 1.29 is 27.5 Å². The second-order valence-corrected chi connectivity index (χ2v) is 7.50. The standard InChI is InChI=1S/C22H25F3N4O3/c1-27(15-20(30)26-17-7-9-19(10-8-17)32-22(23,24)25)16-21(31)29-13-11-28(12-14-29)18-5-3-2-4-6-18/h2-10H,11-16H2,1H3,(H,26,30). The molecular weight excluding hydrogens is 425 g/mol. The molecule has 1 heterocycles. The number of piperazine rings is 1. The third kappa shape index (κ3) is 7.16. The molecule has 172 valence electrons. The van der Waals surface area contributed by atoms with E-state index in [4.69, 9.17) is 0 Å². The Bertz CT molecular complexity index is 899. The van der Waals surface area contributed by atoms with Crippen LogP contribution in [-0.4, -0.2) is 74.3 Å². The summed E-state index contributed by atoms with van der Waals surface area (Å²) in [5.74, 6) is -0.800. The van der Waals surface area contributed by atoms with E-state index in [1.807, 2.05) is 30.3 Å². The molecule has 0 radical (unpaired) electrons. The molecule has 0 aliphatic carbocycles. The third-order valence-corrected chi connectivity index (χ3v) is 4.94. The Morgan fingerprint density at radius 1 is 0.969 bits per heavy atom. The minimum atomic E-state index is -4.77. The van der Waals surface area contributed by atoms with Crippen molar-refractivity contribution in [1.82, 2.24) is 9.80 Å². The van der Waals surface area contributed by atoms with Gasteiger partial charge in [-0.3, -0.25) is 14.5 Å². The van der Waals surface area contributed by atoms with Crippen LogP contribution < -0.4 is 15.0 Å². The van der Waals surface area contributed by atoms with Crippen LogP contribution in [0.4, 0.5) is 24.5 Å². The molecule has 1 aliphatic rings. The van der Waals surface area contributed by atoms with Crippen LogP contribution in [0.25, 0.3) is 0 Å². The minimum Gasteiger partial charge on any atom is -0.406 e. The van der Waals surface area contributed by atoms with Crippen molar-refractivity contribution in [1.29, 1.82) is 0 Å². The van der Waals surface area contributed by atoms with Gasteiger partial charge in [0.05, 0.1) is 13.1 Å². The van der Waals surface area contributed by atoms with Crippen LogP contribution in [0.2, 0.25) is 0 Å². The number of anilines is 2. The van der Waals surface area contributed by atoms with Gasteiger partial charge in [0.2, 0.25) is 11.8 Å². The number of para-hydroxylation sites is 1. The van der Waals surface area contributed by atoms with Crippen LogP contribution in [0.1, 0.15) is 0 Å². The summed E-state index contributed by atoms with van der Waals surface area (Å²) in [4.78, 5) is 30.4. The summed E-state index contributed by atoms with van der Waals surface area (Å²) in [5, 5.41) is 2.59. The van der Waals surface area contributed by atoms with Crippen molar-refractivity contribution >= 4 is 23.2 Å². The number of ether oxygens (including phenoxy) is 1. The summed E-state index contributed by atoms with van der Waals surface area (Å²) >= 11 is 0. The number of carbonyl (C=O) groups is 2. The van der Waals surface area contributed by atoms with E-state index in [-0.39, 0.29) is 30.7 Å². The Morgan fingerprint density at radius 2 is 1.59 bits per heavy atom. The van der Waals surface area contributed by atoms with Crippen LogP contribution in [0.15, 0.2) is 54.6 Å². The van der Waals surface area contributed by atoms with Gasteiger partial charge in [0.25, 0.3) is 0 Å². The second kappa shape index (κ2) is 10.4. The molecule has 0 spiro atoms. The van der Waals surface area contributed by atoms with E-state index in [2.05, 4.69) is 15.0 Å². The predicted molar refractivity (Wildman–Crippen MR) is 114 cm³/mol. The fourth-order valence-electron chi connectivity index (χ4n) is 3.43. The summed E-state index contributed by atoms with van der Waals surface area (Å²) in [6.07, 6.45) is -4.77. The van der Waals surface area contributed by atoms with Gasteiger partial charge in [-0.05, 0) is 43.4 Å². The molecule has 1 N–H and O–H groups in total.